The summed E-state index contributed by atoms with van der Waals surface area (Å²) in [7, 11) is 0. The number of nitrogens with two attached hydrogens (primary N) is 1. The highest BCUT2D eigenvalue weighted by molar-refractivity contribution is 5.89. The number of hydrogen-bond acceptors (Lipinski definition) is 8. The number of carbonyl (C=O) groups is 1. The molecule has 0 aliphatic carbocycles. The van der Waals surface area contributed by atoms with Crippen LogP contribution in [0.1, 0.15) is 34.7 Å². The van der Waals surface area contributed by atoms with Crippen molar-refractivity contribution >= 4 is 11.8 Å². The van der Waals surface area contributed by atoms with E-state index in [1.807, 2.05) is 0 Å². The number of hydrogen-bond donors (Lipinski definition) is 1. The van der Waals surface area contributed by atoms with Crippen LogP contribution in [0.3, 0.4) is 0 Å². The molecular formula is C11H8N6O2. The molecule has 0 bridgehead atoms. The quantitative estimate of drug-likeness (QED) is 0.755. The van der Waals surface area contributed by atoms with Crippen LogP contribution in [0.25, 0.3) is 0 Å². The first kappa shape index (κ1) is 13.9. The van der Waals surface area contributed by atoms with Crippen molar-refractivity contribution < 1.29 is 9.53 Å². The number of nitrogen functional groups attached to an aromatic ring is 1. The molecule has 0 unspecified atom stereocenters. The number of esters is 1. The van der Waals surface area contributed by atoms with Crippen LogP contribution >= 0.6 is 0 Å². The predicted octanol–water partition coefficient (Wildman–Crippen LogP) is 0.238. The summed E-state index contributed by atoms with van der Waals surface area (Å²) >= 11 is 0. The largest absolute Gasteiger partial charge is 0.461 e. The van der Waals surface area contributed by atoms with Crippen LogP contribution in [0.15, 0.2) is 0 Å². The van der Waals surface area contributed by atoms with Gasteiger partial charge in [-0.1, -0.05) is 0 Å². The monoisotopic (exact) mass is 256 g/mol. The Morgan fingerprint density at radius 1 is 1.37 bits per heavy atom. The van der Waals surface area contributed by atoms with Gasteiger partial charge in [0.15, 0.2) is 23.1 Å². The summed E-state index contributed by atoms with van der Waals surface area (Å²) in [5, 5.41) is 26.5. The molecule has 1 rings (SSSR count). The van der Waals surface area contributed by atoms with Gasteiger partial charge in [0.1, 0.15) is 11.8 Å². The first-order chi connectivity index (χ1) is 9.08. The van der Waals surface area contributed by atoms with Crippen molar-refractivity contribution in [3.05, 3.63) is 17.1 Å². The maximum Gasteiger partial charge on any atom is 0.358 e. The first-order valence-corrected chi connectivity index (χ1v) is 5.12. The molecule has 1 aromatic heterocycles. The highest BCUT2D eigenvalue weighted by Gasteiger charge is 2.25. The Bertz CT molecular complexity index is 620. The smallest absolute Gasteiger partial charge is 0.358 e. The number of aromatic nitrogens is 2. The zero-order chi connectivity index (χ0) is 14.4. The maximum atomic E-state index is 11.7. The fraction of sp³-hybridized carbons (Fsp3) is 0.273. The molecule has 0 spiro atoms. The van der Waals surface area contributed by atoms with E-state index in [0.717, 1.165) is 0 Å². The lowest BCUT2D eigenvalue weighted by molar-refractivity contribution is 0.0517. The fourth-order valence-electron chi connectivity index (χ4n) is 1.25. The van der Waals surface area contributed by atoms with Gasteiger partial charge < -0.3 is 10.5 Å². The van der Waals surface area contributed by atoms with Crippen molar-refractivity contribution in [2.24, 2.45) is 0 Å². The lowest BCUT2D eigenvalue weighted by Gasteiger charge is -2.08. The van der Waals surface area contributed by atoms with Crippen molar-refractivity contribution in [3.63, 3.8) is 0 Å². The Hall–Kier alpha value is -3.18. The van der Waals surface area contributed by atoms with E-state index >= 15 is 0 Å². The van der Waals surface area contributed by atoms with E-state index in [9.17, 15) is 4.79 Å². The zero-order valence-electron chi connectivity index (χ0n) is 9.91. The molecule has 0 aliphatic heterocycles. The molecule has 2 N–H and O–H groups in total. The molecule has 0 fully saturated rings. The highest BCUT2D eigenvalue weighted by Crippen LogP contribution is 2.19. The summed E-state index contributed by atoms with van der Waals surface area (Å²) in [6, 6.07) is 4.98. The van der Waals surface area contributed by atoms with Gasteiger partial charge in [0, 0.05) is 0 Å². The van der Waals surface area contributed by atoms with E-state index in [4.69, 9.17) is 26.3 Å². The Balaban J connectivity index is 3.50. The number of anilines is 1. The number of carbonyl (C=O) groups excluding carboxylic acids is 1. The Kier molecular flexibility index (Phi) is 4.34. The molecule has 0 aromatic carbocycles. The van der Waals surface area contributed by atoms with Crippen molar-refractivity contribution in [3.8, 4) is 18.2 Å². The summed E-state index contributed by atoms with van der Waals surface area (Å²) in [6.45, 7) is 1.66. The van der Waals surface area contributed by atoms with E-state index in [0.29, 0.717) is 0 Å². The van der Waals surface area contributed by atoms with Gasteiger partial charge in [-0.2, -0.15) is 15.8 Å². The van der Waals surface area contributed by atoms with E-state index in [2.05, 4.69) is 9.97 Å². The average molecular weight is 256 g/mol. The number of nitriles is 3. The molecule has 0 saturated carbocycles. The molecule has 0 saturated heterocycles. The molecule has 0 atom stereocenters. The SMILES string of the molecule is CCOC(=O)c1nc(C#N)c(N)nc1C(C#N)C#N. The van der Waals surface area contributed by atoms with Crippen LogP contribution in [0.4, 0.5) is 5.82 Å². The summed E-state index contributed by atoms with van der Waals surface area (Å²) in [6.07, 6.45) is 0. The minimum atomic E-state index is -1.32. The minimum absolute atomic E-state index is 0.0794. The summed E-state index contributed by atoms with van der Waals surface area (Å²) < 4.78 is 4.74. The van der Waals surface area contributed by atoms with Crippen molar-refractivity contribution in [1.82, 2.24) is 9.97 Å². The van der Waals surface area contributed by atoms with Gasteiger partial charge in [0.25, 0.3) is 0 Å². The Morgan fingerprint density at radius 3 is 2.47 bits per heavy atom. The number of rotatable bonds is 3. The lowest BCUT2D eigenvalue weighted by Crippen LogP contribution is -2.17. The highest BCUT2D eigenvalue weighted by atomic mass is 16.5. The standard InChI is InChI=1S/C11H8N6O2/c1-2-19-11(18)9-8(6(3-12)4-13)17-10(15)7(5-14)16-9/h6H,2H2,1H3,(H2,15,17). The normalized spacial score (nSPS) is 9.21. The average Bonchev–Trinajstić information content (AvgIpc) is 2.40. The molecule has 1 heterocycles. The van der Waals surface area contributed by atoms with Gasteiger partial charge in [0.05, 0.1) is 18.7 Å². The van der Waals surface area contributed by atoms with Gasteiger partial charge in [-0.15, -0.1) is 0 Å². The van der Waals surface area contributed by atoms with Gasteiger partial charge in [0.2, 0.25) is 0 Å². The van der Waals surface area contributed by atoms with Crippen LogP contribution in [-0.4, -0.2) is 22.5 Å². The molecule has 8 heteroatoms. The van der Waals surface area contributed by atoms with Gasteiger partial charge in [-0.05, 0) is 6.92 Å². The molecule has 1 aromatic rings. The van der Waals surface area contributed by atoms with Crippen molar-refractivity contribution in [2.75, 3.05) is 12.3 Å². The van der Waals surface area contributed by atoms with E-state index in [1.54, 1.807) is 25.1 Å². The minimum Gasteiger partial charge on any atom is -0.461 e. The van der Waals surface area contributed by atoms with Crippen molar-refractivity contribution in [1.29, 1.82) is 15.8 Å². The van der Waals surface area contributed by atoms with E-state index in [-0.39, 0.29) is 29.5 Å². The fourth-order valence-corrected chi connectivity index (χ4v) is 1.25. The summed E-state index contributed by atoms with van der Waals surface area (Å²) in [5.74, 6) is -2.43. The van der Waals surface area contributed by atoms with Crippen LogP contribution in [-0.2, 0) is 4.74 Å². The molecule has 8 nitrogen and oxygen atoms in total. The third-order valence-electron chi connectivity index (χ3n) is 2.06. The van der Waals surface area contributed by atoms with Gasteiger partial charge >= 0.3 is 5.97 Å². The van der Waals surface area contributed by atoms with Crippen LogP contribution in [0.2, 0.25) is 0 Å². The molecular weight excluding hydrogens is 248 g/mol. The molecule has 0 amide bonds. The van der Waals surface area contributed by atoms with Gasteiger partial charge in [-0.25, -0.2) is 14.8 Å². The topological polar surface area (TPSA) is 149 Å². The summed E-state index contributed by atoms with van der Waals surface area (Å²) in [4.78, 5) is 19.1. The maximum absolute atomic E-state index is 11.7. The molecule has 0 radical (unpaired) electrons. The second-order valence-electron chi connectivity index (χ2n) is 3.21. The van der Waals surface area contributed by atoms with Gasteiger partial charge in [-0.3, -0.25) is 0 Å². The van der Waals surface area contributed by atoms with Crippen LogP contribution in [0, 0.1) is 34.0 Å². The molecule has 19 heavy (non-hydrogen) atoms. The number of nitrogens with zero attached hydrogens (tertiary/aromatic N) is 5. The third-order valence-corrected chi connectivity index (χ3v) is 2.06. The molecule has 94 valence electrons. The second kappa shape index (κ2) is 5.95. The van der Waals surface area contributed by atoms with E-state index < -0.39 is 11.9 Å². The second-order valence-corrected chi connectivity index (χ2v) is 3.21. The predicted molar refractivity (Wildman–Crippen MR) is 61.1 cm³/mol. The third kappa shape index (κ3) is 2.74. The van der Waals surface area contributed by atoms with Crippen molar-refractivity contribution in [2.45, 2.75) is 12.8 Å². The first-order valence-electron chi connectivity index (χ1n) is 5.12. The zero-order valence-corrected chi connectivity index (χ0v) is 9.91. The Morgan fingerprint density at radius 2 is 2.00 bits per heavy atom. The number of ether oxygens (including phenoxy) is 1. The summed E-state index contributed by atoms with van der Waals surface area (Å²) in [5.41, 5.74) is 4.64. The van der Waals surface area contributed by atoms with E-state index in [1.165, 1.54) is 0 Å². The lowest BCUT2D eigenvalue weighted by atomic mass is 10.1. The van der Waals surface area contributed by atoms with Crippen LogP contribution < -0.4 is 5.73 Å². The molecule has 0 aliphatic rings. The Labute approximate surface area is 108 Å². The van der Waals surface area contributed by atoms with Crippen LogP contribution in [0.5, 0.6) is 0 Å².